The first-order chi connectivity index (χ1) is 9.79. The van der Waals surface area contributed by atoms with Gasteiger partial charge >= 0.3 is 0 Å². The highest BCUT2D eigenvalue weighted by atomic mass is 32.2. The molecule has 122 valence electrons. The summed E-state index contributed by atoms with van der Waals surface area (Å²) in [5.41, 5.74) is 1.08. The molecule has 0 atom stereocenters. The first kappa shape index (κ1) is 16.8. The van der Waals surface area contributed by atoms with E-state index in [1.807, 2.05) is 26.8 Å². The molecule has 0 saturated heterocycles. The van der Waals surface area contributed by atoms with Crippen molar-refractivity contribution in [2.45, 2.75) is 26.2 Å². The van der Waals surface area contributed by atoms with Gasteiger partial charge < -0.3 is 0 Å². The maximum atomic E-state index is 12.2. The van der Waals surface area contributed by atoms with Crippen LogP contribution in [0.4, 0.5) is 5.69 Å². The van der Waals surface area contributed by atoms with E-state index in [0.717, 1.165) is 17.9 Å². The molecule has 0 radical (unpaired) electrons. The summed E-state index contributed by atoms with van der Waals surface area (Å²) in [7, 11) is -6.95. The van der Waals surface area contributed by atoms with Gasteiger partial charge in [-0.15, -0.1) is 0 Å². The largest absolute Gasteiger partial charge is 0.284 e. The Bertz CT molecular complexity index is 933. The van der Waals surface area contributed by atoms with Gasteiger partial charge in [0.25, 0.3) is 0 Å². The van der Waals surface area contributed by atoms with Crippen LogP contribution in [0, 0.1) is 0 Å². The van der Waals surface area contributed by atoms with Gasteiger partial charge in [0.2, 0.25) is 20.0 Å². The van der Waals surface area contributed by atoms with E-state index in [-0.39, 0.29) is 5.41 Å². The van der Waals surface area contributed by atoms with Gasteiger partial charge in [0, 0.05) is 16.5 Å². The number of aromatic nitrogens is 1. The molecule has 22 heavy (non-hydrogen) atoms. The monoisotopic (exact) mass is 344 g/mol. The van der Waals surface area contributed by atoms with E-state index < -0.39 is 20.0 Å². The Hall–Kier alpha value is -1.54. The Morgan fingerprint density at radius 3 is 2.05 bits per heavy atom. The van der Waals surface area contributed by atoms with Crippen LogP contribution in [0.3, 0.4) is 0 Å². The first-order valence-electron chi connectivity index (χ1n) is 6.63. The number of nitrogens with zero attached hydrogens (tertiary/aromatic N) is 1. The minimum atomic E-state index is -3.52. The zero-order chi connectivity index (χ0) is 16.9. The van der Waals surface area contributed by atoms with Crippen LogP contribution in [-0.2, 0) is 25.5 Å². The standard InChI is InChI=1S/C14H20N2O4S2/c1-14(2,3)13-8-10-6-7-11(15-21(4,17)18)9-12(10)16(13)22(5,19)20/h6-9,15H,1-5H3. The highest BCUT2D eigenvalue weighted by Crippen LogP contribution is 2.32. The molecule has 0 fully saturated rings. The van der Waals surface area contributed by atoms with Crippen LogP contribution in [-0.4, -0.2) is 33.3 Å². The predicted octanol–water partition coefficient (Wildman–Crippen LogP) is 2.12. The van der Waals surface area contributed by atoms with Crippen LogP contribution < -0.4 is 4.72 Å². The third-order valence-electron chi connectivity index (χ3n) is 3.16. The first-order valence-corrected chi connectivity index (χ1v) is 10.4. The predicted molar refractivity (Wildman–Crippen MR) is 89.3 cm³/mol. The molecular formula is C14H20N2O4S2. The van der Waals surface area contributed by atoms with Crippen LogP contribution in [0.2, 0.25) is 0 Å². The third-order valence-corrected chi connectivity index (χ3v) is 4.83. The SMILES string of the molecule is CC(C)(C)c1cc2ccc(NS(C)(=O)=O)cc2n1S(C)(=O)=O. The van der Waals surface area contributed by atoms with Gasteiger partial charge in [-0.2, -0.15) is 0 Å². The van der Waals surface area contributed by atoms with Crippen molar-refractivity contribution in [1.82, 2.24) is 3.97 Å². The van der Waals surface area contributed by atoms with Gasteiger partial charge in [-0.1, -0.05) is 26.8 Å². The second-order valence-corrected chi connectivity index (χ2v) is 10.0. The van der Waals surface area contributed by atoms with E-state index in [1.54, 1.807) is 12.1 Å². The topological polar surface area (TPSA) is 85.2 Å². The van der Waals surface area contributed by atoms with Gasteiger partial charge in [-0.05, 0) is 18.2 Å². The van der Waals surface area contributed by atoms with Crippen LogP contribution in [0.5, 0.6) is 0 Å². The average molecular weight is 344 g/mol. The summed E-state index contributed by atoms with van der Waals surface area (Å²) in [4.78, 5) is 0. The highest BCUT2D eigenvalue weighted by Gasteiger charge is 2.25. The Morgan fingerprint density at radius 1 is 1.00 bits per heavy atom. The molecule has 0 amide bonds. The van der Waals surface area contributed by atoms with Crippen molar-refractivity contribution in [2.24, 2.45) is 0 Å². The lowest BCUT2D eigenvalue weighted by molar-refractivity contribution is 0.549. The summed E-state index contributed by atoms with van der Waals surface area (Å²) in [6, 6.07) is 6.68. The van der Waals surface area contributed by atoms with E-state index in [4.69, 9.17) is 0 Å². The molecule has 1 heterocycles. The summed E-state index contributed by atoms with van der Waals surface area (Å²) < 4.78 is 50.7. The molecule has 2 rings (SSSR count). The molecule has 8 heteroatoms. The molecule has 6 nitrogen and oxygen atoms in total. The fourth-order valence-electron chi connectivity index (χ4n) is 2.33. The molecule has 0 aliphatic heterocycles. The molecule has 1 aromatic carbocycles. The molecule has 2 aromatic rings. The van der Waals surface area contributed by atoms with E-state index in [0.29, 0.717) is 16.9 Å². The maximum absolute atomic E-state index is 12.2. The van der Waals surface area contributed by atoms with E-state index >= 15 is 0 Å². The molecular weight excluding hydrogens is 324 g/mol. The minimum Gasteiger partial charge on any atom is -0.284 e. The van der Waals surface area contributed by atoms with Crippen LogP contribution in [0.25, 0.3) is 10.9 Å². The molecule has 1 N–H and O–H groups in total. The van der Waals surface area contributed by atoms with E-state index in [2.05, 4.69) is 4.72 Å². The van der Waals surface area contributed by atoms with Crippen LogP contribution in [0.15, 0.2) is 24.3 Å². The number of hydrogen-bond acceptors (Lipinski definition) is 4. The van der Waals surface area contributed by atoms with Gasteiger partial charge in [-0.3, -0.25) is 4.72 Å². The fourth-order valence-corrected chi connectivity index (χ4v) is 4.09. The quantitative estimate of drug-likeness (QED) is 0.924. The second-order valence-electron chi connectivity index (χ2n) is 6.45. The smallest absolute Gasteiger partial charge is 0.236 e. The number of fused-ring (bicyclic) bond motifs is 1. The maximum Gasteiger partial charge on any atom is 0.236 e. The number of hydrogen-bond donors (Lipinski definition) is 1. The Morgan fingerprint density at radius 2 is 1.59 bits per heavy atom. The number of anilines is 1. The fraction of sp³-hybridized carbons (Fsp3) is 0.429. The zero-order valence-electron chi connectivity index (χ0n) is 13.2. The molecule has 0 bridgehead atoms. The van der Waals surface area contributed by atoms with Crippen molar-refractivity contribution < 1.29 is 16.8 Å². The minimum absolute atomic E-state index is 0.332. The Kier molecular flexibility index (Phi) is 3.81. The van der Waals surface area contributed by atoms with Crippen molar-refractivity contribution in [3.05, 3.63) is 30.0 Å². The van der Waals surface area contributed by atoms with E-state index in [9.17, 15) is 16.8 Å². The summed E-state index contributed by atoms with van der Waals surface area (Å²) in [6.45, 7) is 5.79. The Balaban J connectivity index is 2.81. The number of nitrogens with one attached hydrogen (secondary N) is 1. The van der Waals surface area contributed by atoms with Crippen LogP contribution >= 0.6 is 0 Å². The molecule has 0 saturated carbocycles. The van der Waals surface area contributed by atoms with Gasteiger partial charge in [0.1, 0.15) is 0 Å². The summed E-state index contributed by atoms with van der Waals surface area (Å²) in [5, 5.41) is 0.745. The molecule has 0 unspecified atom stereocenters. The van der Waals surface area contributed by atoms with Crippen LogP contribution in [0.1, 0.15) is 26.5 Å². The number of benzene rings is 1. The van der Waals surface area contributed by atoms with Gasteiger partial charge in [0.15, 0.2) is 0 Å². The highest BCUT2D eigenvalue weighted by molar-refractivity contribution is 7.92. The van der Waals surface area contributed by atoms with Gasteiger partial charge in [-0.25, -0.2) is 20.8 Å². The third kappa shape index (κ3) is 3.44. The summed E-state index contributed by atoms with van der Waals surface area (Å²) in [6.07, 6.45) is 2.19. The lowest BCUT2D eigenvalue weighted by atomic mass is 9.92. The molecule has 0 aliphatic carbocycles. The second kappa shape index (κ2) is 4.99. The van der Waals surface area contributed by atoms with Crippen molar-refractivity contribution in [3.8, 4) is 0 Å². The van der Waals surface area contributed by atoms with Crippen molar-refractivity contribution in [2.75, 3.05) is 17.2 Å². The summed E-state index contributed by atoms with van der Waals surface area (Å²) >= 11 is 0. The zero-order valence-corrected chi connectivity index (χ0v) is 14.8. The number of rotatable bonds is 3. The molecule has 0 spiro atoms. The van der Waals surface area contributed by atoms with Gasteiger partial charge in [0.05, 0.1) is 23.7 Å². The molecule has 0 aliphatic rings. The van der Waals surface area contributed by atoms with Crippen molar-refractivity contribution in [1.29, 1.82) is 0 Å². The lowest BCUT2D eigenvalue weighted by Gasteiger charge is -2.20. The Labute approximate surface area is 131 Å². The van der Waals surface area contributed by atoms with E-state index in [1.165, 1.54) is 10.0 Å². The summed E-state index contributed by atoms with van der Waals surface area (Å²) in [5.74, 6) is 0. The average Bonchev–Trinajstić information content (AvgIpc) is 2.64. The van der Waals surface area contributed by atoms with Crippen molar-refractivity contribution in [3.63, 3.8) is 0 Å². The molecule has 1 aromatic heterocycles. The number of sulfonamides is 1. The van der Waals surface area contributed by atoms with Crippen molar-refractivity contribution >= 4 is 36.6 Å². The normalized spacial score (nSPS) is 13.5. The lowest BCUT2D eigenvalue weighted by Crippen LogP contribution is -2.22.